The van der Waals surface area contributed by atoms with Crippen LogP contribution in [0, 0.1) is 0 Å². The van der Waals surface area contributed by atoms with E-state index in [1.807, 2.05) is 13.8 Å². The van der Waals surface area contributed by atoms with Crippen LogP contribution in [0.1, 0.15) is 16.7 Å². The predicted octanol–water partition coefficient (Wildman–Crippen LogP) is 0.541. The van der Waals surface area contributed by atoms with Crippen molar-refractivity contribution in [3.05, 3.63) is 12.7 Å². The molecule has 0 spiro atoms. The number of nitrogens with one attached hydrogen (secondary N) is 1. The Morgan fingerprint density at radius 2 is 2.22 bits per heavy atom. The third kappa shape index (κ3) is 8.47. The standard InChI is InChI=1S/C6H11NO.Ca.2H/c1-4-6(8)7-5(2)3;;;/h4-5H,1H2,2-3H3,(H,7,8);;;/q;+2;2*-1. The number of carbonyl (C=O) groups is 1. The zero-order chi connectivity index (χ0) is 6.57. The predicted molar refractivity (Wildman–Crippen MR) is 41.5 cm³/mol. The van der Waals surface area contributed by atoms with Gasteiger partial charge in [0.2, 0.25) is 5.91 Å². The molecule has 0 aliphatic rings. The van der Waals surface area contributed by atoms with Gasteiger partial charge in [-0.15, -0.1) is 0 Å². The molecule has 0 saturated heterocycles. The van der Waals surface area contributed by atoms with Gasteiger partial charge >= 0.3 is 37.7 Å². The fourth-order valence-corrected chi connectivity index (χ4v) is 0.343. The summed E-state index contributed by atoms with van der Waals surface area (Å²) in [5.74, 6) is -0.111. The zero-order valence-electron chi connectivity index (χ0n) is 7.98. The molecule has 0 aromatic heterocycles. The molecule has 0 aromatic carbocycles. The molecule has 0 bridgehead atoms. The van der Waals surface area contributed by atoms with E-state index >= 15 is 0 Å². The second-order valence-corrected chi connectivity index (χ2v) is 1.87. The molecule has 0 heterocycles. The number of carbonyl (C=O) groups excluding carboxylic acids is 1. The van der Waals surface area contributed by atoms with E-state index in [1.165, 1.54) is 6.08 Å². The monoisotopic (exact) mass is 155 g/mol. The summed E-state index contributed by atoms with van der Waals surface area (Å²) >= 11 is 0. The summed E-state index contributed by atoms with van der Waals surface area (Å²) in [5.41, 5.74) is 0. The first kappa shape index (κ1) is 12.2. The van der Waals surface area contributed by atoms with Crippen LogP contribution in [0.4, 0.5) is 0 Å². The van der Waals surface area contributed by atoms with Gasteiger partial charge in [0, 0.05) is 6.04 Å². The number of hydrogen-bond donors (Lipinski definition) is 1. The van der Waals surface area contributed by atoms with Crippen molar-refractivity contribution in [2.45, 2.75) is 19.9 Å². The van der Waals surface area contributed by atoms with Crippen molar-refractivity contribution in [2.75, 3.05) is 0 Å². The molecular formula is C6H13CaNO. The van der Waals surface area contributed by atoms with Crippen LogP contribution >= 0.6 is 0 Å². The van der Waals surface area contributed by atoms with E-state index < -0.39 is 0 Å². The van der Waals surface area contributed by atoms with Crippen molar-refractivity contribution < 1.29 is 7.65 Å². The largest absolute Gasteiger partial charge is 2.00 e. The normalized spacial score (nSPS) is 7.89. The van der Waals surface area contributed by atoms with Gasteiger partial charge in [0.05, 0.1) is 0 Å². The minimum Gasteiger partial charge on any atom is -1.00 e. The fourth-order valence-electron chi connectivity index (χ4n) is 0.343. The minimum absolute atomic E-state index is 0. The van der Waals surface area contributed by atoms with E-state index in [1.54, 1.807) is 0 Å². The molecule has 0 unspecified atom stereocenters. The van der Waals surface area contributed by atoms with Crippen LogP contribution in [0.2, 0.25) is 0 Å². The molecule has 50 valence electrons. The first-order chi connectivity index (χ1) is 3.66. The molecule has 0 aliphatic carbocycles. The fraction of sp³-hybridized carbons (Fsp3) is 0.500. The van der Waals surface area contributed by atoms with Gasteiger partial charge < -0.3 is 8.17 Å². The molecule has 3 heteroatoms. The van der Waals surface area contributed by atoms with Crippen LogP contribution in [0.25, 0.3) is 0 Å². The molecule has 0 saturated carbocycles. The summed E-state index contributed by atoms with van der Waals surface area (Å²) in [6.07, 6.45) is 1.26. The van der Waals surface area contributed by atoms with E-state index in [0.29, 0.717) is 0 Å². The Hall–Kier alpha value is 0.470. The third-order valence-electron chi connectivity index (χ3n) is 0.616. The maximum atomic E-state index is 10.4. The Bertz CT molecular complexity index is 109. The Morgan fingerprint density at radius 1 is 1.78 bits per heavy atom. The Morgan fingerprint density at radius 3 is 2.33 bits per heavy atom. The summed E-state index contributed by atoms with van der Waals surface area (Å²) in [6, 6.07) is 0.209. The van der Waals surface area contributed by atoms with Crippen LogP contribution in [0.5, 0.6) is 0 Å². The van der Waals surface area contributed by atoms with Crippen LogP contribution in [-0.2, 0) is 4.79 Å². The molecule has 0 rings (SSSR count). The van der Waals surface area contributed by atoms with E-state index in [2.05, 4.69) is 11.9 Å². The van der Waals surface area contributed by atoms with Gasteiger partial charge in [-0.05, 0) is 19.9 Å². The van der Waals surface area contributed by atoms with E-state index in [-0.39, 0.29) is 52.5 Å². The number of amides is 1. The van der Waals surface area contributed by atoms with Crippen molar-refractivity contribution in [1.82, 2.24) is 5.32 Å². The average Bonchev–Trinajstić information content (AvgIpc) is 1.65. The second-order valence-electron chi connectivity index (χ2n) is 1.87. The van der Waals surface area contributed by atoms with Crippen LogP contribution in [0.15, 0.2) is 12.7 Å². The van der Waals surface area contributed by atoms with Crippen LogP contribution in [0.3, 0.4) is 0 Å². The second kappa shape index (κ2) is 6.59. The topological polar surface area (TPSA) is 29.1 Å². The third-order valence-corrected chi connectivity index (χ3v) is 0.616. The summed E-state index contributed by atoms with van der Waals surface area (Å²) in [5, 5.41) is 2.64. The van der Waals surface area contributed by atoms with Crippen molar-refractivity contribution in [2.24, 2.45) is 0 Å². The Balaban J connectivity index is -0.0000000817. The van der Waals surface area contributed by atoms with Gasteiger partial charge in [-0.25, -0.2) is 0 Å². The molecule has 0 aliphatic heterocycles. The van der Waals surface area contributed by atoms with E-state index in [0.717, 1.165) is 0 Å². The molecule has 0 atom stereocenters. The van der Waals surface area contributed by atoms with Gasteiger partial charge in [0.1, 0.15) is 0 Å². The molecule has 1 N–H and O–H groups in total. The van der Waals surface area contributed by atoms with Gasteiger partial charge in [-0.1, -0.05) is 6.58 Å². The van der Waals surface area contributed by atoms with Crippen LogP contribution < -0.4 is 5.32 Å². The molecule has 1 amide bonds. The summed E-state index contributed by atoms with van der Waals surface area (Å²) < 4.78 is 0. The first-order valence-corrected chi connectivity index (χ1v) is 2.59. The van der Waals surface area contributed by atoms with Crippen molar-refractivity contribution in [3.8, 4) is 0 Å². The quantitative estimate of drug-likeness (QED) is 0.458. The van der Waals surface area contributed by atoms with Crippen LogP contribution in [-0.4, -0.2) is 49.7 Å². The summed E-state index contributed by atoms with van der Waals surface area (Å²) in [6.45, 7) is 7.11. The SMILES string of the molecule is C=CC(=O)NC(C)C.[Ca+2].[H-].[H-]. The molecule has 9 heavy (non-hydrogen) atoms. The molecule has 0 fully saturated rings. The summed E-state index contributed by atoms with van der Waals surface area (Å²) in [4.78, 5) is 10.4. The van der Waals surface area contributed by atoms with E-state index in [9.17, 15) is 4.79 Å². The van der Waals surface area contributed by atoms with Gasteiger partial charge in [-0.2, -0.15) is 0 Å². The first-order valence-electron chi connectivity index (χ1n) is 2.59. The molecular weight excluding hydrogens is 142 g/mol. The Labute approximate surface area is 88.7 Å². The molecule has 0 aromatic rings. The smallest absolute Gasteiger partial charge is 1.00 e. The zero-order valence-corrected chi connectivity index (χ0v) is 8.19. The Kier molecular flexibility index (Phi) is 8.91. The molecule has 0 radical (unpaired) electrons. The average molecular weight is 155 g/mol. The van der Waals surface area contributed by atoms with Crippen molar-refractivity contribution in [3.63, 3.8) is 0 Å². The number of hydrogen-bond acceptors (Lipinski definition) is 1. The van der Waals surface area contributed by atoms with Gasteiger partial charge in [0.25, 0.3) is 0 Å². The summed E-state index contributed by atoms with van der Waals surface area (Å²) in [7, 11) is 0. The van der Waals surface area contributed by atoms with Crippen molar-refractivity contribution >= 4 is 43.6 Å². The van der Waals surface area contributed by atoms with Crippen molar-refractivity contribution in [1.29, 1.82) is 0 Å². The number of rotatable bonds is 2. The van der Waals surface area contributed by atoms with Gasteiger partial charge in [-0.3, -0.25) is 4.79 Å². The van der Waals surface area contributed by atoms with E-state index in [4.69, 9.17) is 0 Å². The molecule has 2 nitrogen and oxygen atoms in total. The minimum atomic E-state index is -0.111. The van der Waals surface area contributed by atoms with Gasteiger partial charge in [0.15, 0.2) is 0 Å². The maximum Gasteiger partial charge on any atom is 2.00 e. The maximum absolute atomic E-state index is 10.4.